The van der Waals surface area contributed by atoms with E-state index in [1.807, 2.05) is 0 Å². The van der Waals surface area contributed by atoms with Gasteiger partial charge in [-0.2, -0.15) is 4.98 Å². The number of nitrogens with zero attached hydrogens (tertiary/aromatic N) is 3. The van der Waals surface area contributed by atoms with Gasteiger partial charge in [-0.25, -0.2) is 4.98 Å². The lowest BCUT2D eigenvalue weighted by Crippen LogP contribution is -2.24. The van der Waals surface area contributed by atoms with Crippen molar-refractivity contribution in [3.05, 3.63) is 11.2 Å². The third kappa shape index (κ3) is 2.20. The fraction of sp³-hybridized carbons (Fsp3) is 0.600. The van der Waals surface area contributed by atoms with Crippen LogP contribution in [0.3, 0.4) is 0 Å². The zero-order chi connectivity index (χ0) is 11.5. The van der Waals surface area contributed by atoms with Crippen LogP contribution in [0.2, 0.25) is 5.02 Å². The van der Waals surface area contributed by atoms with Crippen LogP contribution in [0.15, 0.2) is 6.20 Å². The van der Waals surface area contributed by atoms with Crippen LogP contribution in [0.5, 0.6) is 6.01 Å². The van der Waals surface area contributed by atoms with Gasteiger partial charge in [0.25, 0.3) is 0 Å². The van der Waals surface area contributed by atoms with Crippen molar-refractivity contribution < 1.29 is 4.74 Å². The van der Waals surface area contributed by atoms with E-state index in [4.69, 9.17) is 22.1 Å². The summed E-state index contributed by atoms with van der Waals surface area (Å²) in [4.78, 5) is 10.3. The Morgan fingerprint density at radius 2 is 2.50 bits per heavy atom. The molecule has 0 spiro atoms. The van der Waals surface area contributed by atoms with Crippen LogP contribution in [0.25, 0.3) is 0 Å². The third-order valence-corrected chi connectivity index (χ3v) is 3.07. The molecule has 1 atom stereocenters. The molecule has 1 aliphatic rings. The summed E-state index contributed by atoms with van der Waals surface area (Å²) in [5.41, 5.74) is 5.65. The normalized spacial score (nSPS) is 20.2. The van der Waals surface area contributed by atoms with Gasteiger partial charge in [-0.15, -0.1) is 0 Å². The minimum Gasteiger partial charge on any atom is -0.467 e. The van der Waals surface area contributed by atoms with Crippen molar-refractivity contribution in [2.24, 2.45) is 11.7 Å². The molecular formula is C10H15ClN4O. The van der Waals surface area contributed by atoms with Crippen molar-refractivity contribution in [1.29, 1.82) is 0 Å². The van der Waals surface area contributed by atoms with Crippen molar-refractivity contribution in [3.8, 4) is 6.01 Å². The van der Waals surface area contributed by atoms with Crippen molar-refractivity contribution in [2.75, 3.05) is 31.6 Å². The Balaban J connectivity index is 2.20. The lowest BCUT2D eigenvalue weighted by molar-refractivity contribution is 0.380. The Morgan fingerprint density at radius 1 is 1.69 bits per heavy atom. The SMILES string of the molecule is COc1ncc(Cl)c(N2CCC(CN)C2)n1. The predicted molar refractivity (Wildman–Crippen MR) is 63.0 cm³/mol. The first-order valence-electron chi connectivity index (χ1n) is 5.26. The Kier molecular flexibility index (Phi) is 3.46. The molecule has 0 bridgehead atoms. The van der Waals surface area contributed by atoms with E-state index in [2.05, 4.69) is 14.9 Å². The van der Waals surface area contributed by atoms with Gasteiger partial charge in [-0.05, 0) is 18.9 Å². The zero-order valence-corrected chi connectivity index (χ0v) is 9.94. The summed E-state index contributed by atoms with van der Waals surface area (Å²) in [6.07, 6.45) is 2.65. The molecule has 1 saturated heterocycles. The molecule has 1 aromatic rings. The van der Waals surface area contributed by atoms with Crippen LogP contribution in [0.4, 0.5) is 5.82 Å². The molecular weight excluding hydrogens is 228 g/mol. The highest BCUT2D eigenvalue weighted by atomic mass is 35.5. The van der Waals surface area contributed by atoms with Crippen LogP contribution >= 0.6 is 11.6 Å². The Morgan fingerprint density at radius 3 is 3.12 bits per heavy atom. The monoisotopic (exact) mass is 242 g/mol. The first-order valence-corrected chi connectivity index (χ1v) is 5.64. The molecule has 2 N–H and O–H groups in total. The second kappa shape index (κ2) is 4.84. The van der Waals surface area contributed by atoms with Gasteiger partial charge in [0, 0.05) is 13.1 Å². The van der Waals surface area contributed by atoms with Crippen molar-refractivity contribution in [3.63, 3.8) is 0 Å². The first kappa shape index (κ1) is 11.4. The number of hydrogen-bond donors (Lipinski definition) is 1. The number of rotatable bonds is 3. The standard InChI is InChI=1S/C10H15ClN4O/c1-16-10-13-5-8(11)9(14-10)15-3-2-7(4-12)6-15/h5,7H,2-4,6,12H2,1H3. The highest BCUT2D eigenvalue weighted by Crippen LogP contribution is 2.28. The van der Waals surface area contributed by atoms with E-state index < -0.39 is 0 Å². The van der Waals surface area contributed by atoms with Crippen molar-refractivity contribution in [2.45, 2.75) is 6.42 Å². The minimum atomic E-state index is 0.343. The maximum absolute atomic E-state index is 6.07. The van der Waals surface area contributed by atoms with Crippen LogP contribution in [0.1, 0.15) is 6.42 Å². The van der Waals surface area contributed by atoms with E-state index in [0.717, 1.165) is 25.3 Å². The van der Waals surface area contributed by atoms with E-state index in [1.54, 1.807) is 13.3 Å². The summed E-state index contributed by atoms with van der Waals surface area (Å²) < 4.78 is 4.99. The summed E-state index contributed by atoms with van der Waals surface area (Å²) in [6.45, 7) is 2.54. The molecule has 5 nitrogen and oxygen atoms in total. The molecule has 88 valence electrons. The second-order valence-electron chi connectivity index (χ2n) is 3.86. The van der Waals surface area contributed by atoms with Crippen LogP contribution in [0, 0.1) is 5.92 Å². The van der Waals surface area contributed by atoms with Gasteiger partial charge in [0.1, 0.15) is 5.02 Å². The number of halogens is 1. The summed E-state index contributed by atoms with van der Waals surface area (Å²) in [5.74, 6) is 1.27. The fourth-order valence-electron chi connectivity index (χ4n) is 1.88. The molecule has 0 amide bonds. The van der Waals surface area contributed by atoms with E-state index >= 15 is 0 Å². The molecule has 0 radical (unpaired) electrons. The average molecular weight is 243 g/mol. The minimum absolute atomic E-state index is 0.343. The molecule has 0 saturated carbocycles. The quantitative estimate of drug-likeness (QED) is 0.854. The Labute approximate surface area is 99.6 Å². The van der Waals surface area contributed by atoms with Gasteiger partial charge in [0.15, 0.2) is 5.82 Å². The molecule has 0 aromatic carbocycles. The highest BCUT2D eigenvalue weighted by Gasteiger charge is 2.24. The summed E-state index contributed by atoms with van der Waals surface area (Å²) in [6, 6.07) is 0.343. The number of anilines is 1. The molecule has 1 aromatic heterocycles. The van der Waals surface area contributed by atoms with E-state index in [1.165, 1.54) is 0 Å². The molecule has 0 aliphatic carbocycles. The van der Waals surface area contributed by atoms with Crippen LogP contribution < -0.4 is 15.4 Å². The molecule has 2 rings (SSSR count). The Hall–Kier alpha value is -1.07. The second-order valence-corrected chi connectivity index (χ2v) is 4.27. The molecule has 2 heterocycles. The van der Waals surface area contributed by atoms with E-state index in [9.17, 15) is 0 Å². The van der Waals surface area contributed by atoms with E-state index in [-0.39, 0.29) is 0 Å². The van der Waals surface area contributed by atoms with Crippen molar-refractivity contribution >= 4 is 17.4 Å². The average Bonchev–Trinajstić information content (AvgIpc) is 2.78. The van der Waals surface area contributed by atoms with Gasteiger partial charge >= 0.3 is 6.01 Å². The summed E-state index contributed by atoms with van der Waals surface area (Å²) >= 11 is 6.07. The molecule has 16 heavy (non-hydrogen) atoms. The fourth-order valence-corrected chi connectivity index (χ4v) is 2.09. The Bertz CT molecular complexity index is 374. The van der Waals surface area contributed by atoms with Gasteiger partial charge in [0.05, 0.1) is 13.3 Å². The van der Waals surface area contributed by atoms with Gasteiger partial charge in [-0.1, -0.05) is 11.6 Å². The summed E-state index contributed by atoms with van der Waals surface area (Å²) in [7, 11) is 1.54. The van der Waals surface area contributed by atoms with E-state index in [0.29, 0.717) is 23.5 Å². The van der Waals surface area contributed by atoms with Crippen LogP contribution in [-0.2, 0) is 0 Å². The largest absolute Gasteiger partial charge is 0.467 e. The van der Waals surface area contributed by atoms with Crippen LogP contribution in [-0.4, -0.2) is 36.7 Å². The highest BCUT2D eigenvalue weighted by molar-refractivity contribution is 6.32. The number of nitrogens with two attached hydrogens (primary N) is 1. The molecule has 1 aliphatic heterocycles. The molecule has 1 unspecified atom stereocenters. The maximum Gasteiger partial charge on any atom is 0.318 e. The molecule has 1 fully saturated rings. The maximum atomic E-state index is 6.07. The zero-order valence-electron chi connectivity index (χ0n) is 9.19. The number of methoxy groups -OCH3 is 1. The summed E-state index contributed by atoms with van der Waals surface area (Å²) in [5, 5.41) is 0.554. The first-order chi connectivity index (χ1) is 7.74. The van der Waals surface area contributed by atoms with Gasteiger partial charge < -0.3 is 15.4 Å². The molecule has 6 heteroatoms. The topological polar surface area (TPSA) is 64.3 Å². The predicted octanol–water partition coefficient (Wildman–Crippen LogP) is 0.924. The number of ether oxygens (including phenoxy) is 1. The smallest absolute Gasteiger partial charge is 0.318 e. The van der Waals surface area contributed by atoms with Gasteiger partial charge in [-0.3, -0.25) is 0 Å². The third-order valence-electron chi connectivity index (χ3n) is 2.80. The van der Waals surface area contributed by atoms with Gasteiger partial charge in [0.2, 0.25) is 0 Å². The lowest BCUT2D eigenvalue weighted by Gasteiger charge is -2.18. The number of aromatic nitrogens is 2. The lowest BCUT2D eigenvalue weighted by atomic mass is 10.1. The van der Waals surface area contributed by atoms with Crippen molar-refractivity contribution in [1.82, 2.24) is 9.97 Å². The number of hydrogen-bond acceptors (Lipinski definition) is 5.